The summed E-state index contributed by atoms with van der Waals surface area (Å²) < 4.78 is 5.14. The van der Waals surface area contributed by atoms with Crippen molar-refractivity contribution in [3.8, 4) is 5.75 Å². The summed E-state index contributed by atoms with van der Waals surface area (Å²) in [6.07, 6.45) is 2.86. The quantitative estimate of drug-likeness (QED) is 0.568. The summed E-state index contributed by atoms with van der Waals surface area (Å²) in [6, 6.07) is 9.67. The highest BCUT2D eigenvalue weighted by molar-refractivity contribution is 7.99. The van der Waals surface area contributed by atoms with Gasteiger partial charge in [-0.1, -0.05) is 37.7 Å². The van der Waals surface area contributed by atoms with Gasteiger partial charge in [-0.15, -0.1) is 0 Å². The first-order valence-corrected chi connectivity index (χ1v) is 10.6. The molecule has 6 nitrogen and oxygen atoms in total. The Kier molecular flexibility index (Phi) is 7.14. The van der Waals surface area contributed by atoms with Crippen molar-refractivity contribution in [3.63, 3.8) is 0 Å². The van der Waals surface area contributed by atoms with Gasteiger partial charge >= 0.3 is 0 Å². The number of ether oxygens (including phenoxy) is 1. The van der Waals surface area contributed by atoms with Crippen molar-refractivity contribution in [1.29, 1.82) is 0 Å². The molecule has 1 N–H and O–H groups in total. The number of piperidine rings is 1. The van der Waals surface area contributed by atoms with Crippen LogP contribution in [0.1, 0.15) is 25.8 Å². The smallest absolute Gasteiger partial charge is 0.230 e. The molecule has 0 spiro atoms. The van der Waals surface area contributed by atoms with Gasteiger partial charge < -0.3 is 15.0 Å². The van der Waals surface area contributed by atoms with Gasteiger partial charge in [0.05, 0.1) is 12.9 Å². The van der Waals surface area contributed by atoms with Gasteiger partial charge in [-0.2, -0.15) is 0 Å². The summed E-state index contributed by atoms with van der Waals surface area (Å²) in [4.78, 5) is 23.3. The zero-order valence-electron chi connectivity index (χ0n) is 16.7. The molecule has 3 rings (SSSR count). The topological polar surface area (TPSA) is 67.3 Å². The SMILES string of the molecule is COc1ccc(CNC(=O)CSc2cc(N3C[C@H](C)C[C@H](C)C3)ncn2)cc1. The fraction of sp³-hybridized carbons (Fsp3) is 0.476. The summed E-state index contributed by atoms with van der Waals surface area (Å²) in [5.41, 5.74) is 1.04. The molecule has 1 aromatic heterocycles. The molecule has 1 amide bonds. The van der Waals surface area contributed by atoms with Gasteiger partial charge in [0.25, 0.3) is 0 Å². The Bertz CT molecular complexity index is 774. The molecule has 1 aliphatic rings. The number of amides is 1. The molecule has 1 aromatic carbocycles. The molecular weight excluding hydrogens is 372 g/mol. The van der Waals surface area contributed by atoms with E-state index in [-0.39, 0.29) is 5.91 Å². The summed E-state index contributed by atoms with van der Waals surface area (Å²) >= 11 is 1.44. The van der Waals surface area contributed by atoms with Crippen LogP contribution >= 0.6 is 11.8 Å². The van der Waals surface area contributed by atoms with Crippen LogP contribution in [0.4, 0.5) is 5.82 Å². The van der Waals surface area contributed by atoms with Gasteiger partial charge in [0, 0.05) is 25.7 Å². The average Bonchev–Trinajstić information content (AvgIpc) is 2.70. The second-order valence-electron chi connectivity index (χ2n) is 7.48. The fourth-order valence-electron chi connectivity index (χ4n) is 3.57. The average molecular weight is 401 g/mol. The van der Waals surface area contributed by atoms with Gasteiger partial charge in [0.1, 0.15) is 22.9 Å². The number of rotatable bonds is 7. The Morgan fingerprint density at radius 3 is 2.61 bits per heavy atom. The number of hydrogen-bond donors (Lipinski definition) is 1. The predicted molar refractivity (Wildman–Crippen MR) is 113 cm³/mol. The van der Waals surface area contributed by atoms with Crippen molar-refractivity contribution in [2.45, 2.75) is 31.8 Å². The largest absolute Gasteiger partial charge is 0.497 e. The lowest BCUT2D eigenvalue weighted by atomic mass is 9.92. The Morgan fingerprint density at radius 1 is 1.21 bits per heavy atom. The van der Waals surface area contributed by atoms with E-state index in [2.05, 4.69) is 34.0 Å². The maximum Gasteiger partial charge on any atom is 0.230 e. The second-order valence-corrected chi connectivity index (χ2v) is 8.47. The highest BCUT2D eigenvalue weighted by Crippen LogP contribution is 2.26. The van der Waals surface area contributed by atoms with Crippen LogP contribution in [0.15, 0.2) is 41.7 Å². The van der Waals surface area contributed by atoms with Gasteiger partial charge in [0.2, 0.25) is 5.91 Å². The first-order valence-electron chi connectivity index (χ1n) is 9.63. The molecule has 0 unspecified atom stereocenters. The number of nitrogens with zero attached hydrogens (tertiary/aromatic N) is 3. The first kappa shape index (κ1) is 20.5. The molecule has 1 aliphatic heterocycles. The molecule has 2 heterocycles. The minimum absolute atomic E-state index is 0.0128. The molecule has 1 fully saturated rings. The molecule has 28 heavy (non-hydrogen) atoms. The number of benzene rings is 1. The van der Waals surface area contributed by atoms with E-state index < -0.39 is 0 Å². The van der Waals surface area contributed by atoms with Crippen LogP contribution in [0.2, 0.25) is 0 Å². The fourth-order valence-corrected chi connectivity index (χ4v) is 4.26. The Balaban J connectivity index is 1.49. The zero-order valence-corrected chi connectivity index (χ0v) is 17.5. The Morgan fingerprint density at radius 2 is 1.93 bits per heavy atom. The highest BCUT2D eigenvalue weighted by atomic mass is 32.2. The monoisotopic (exact) mass is 400 g/mol. The maximum atomic E-state index is 12.2. The summed E-state index contributed by atoms with van der Waals surface area (Å²) in [5, 5.41) is 3.77. The van der Waals surface area contributed by atoms with Crippen LogP contribution in [-0.4, -0.2) is 41.8 Å². The minimum atomic E-state index is -0.0128. The van der Waals surface area contributed by atoms with Crippen molar-refractivity contribution < 1.29 is 9.53 Å². The minimum Gasteiger partial charge on any atom is -0.497 e. The number of carbonyl (C=O) groups excluding carboxylic acids is 1. The maximum absolute atomic E-state index is 12.2. The lowest BCUT2D eigenvalue weighted by molar-refractivity contribution is -0.118. The summed E-state index contributed by atoms with van der Waals surface area (Å²) in [7, 11) is 1.64. The third-order valence-electron chi connectivity index (χ3n) is 4.82. The van der Waals surface area contributed by atoms with E-state index in [0.717, 1.165) is 35.2 Å². The number of hydrogen-bond acceptors (Lipinski definition) is 6. The number of anilines is 1. The third kappa shape index (κ3) is 5.86. The van der Waals surface area contributed by atoms with Crippen LogP contribution in [0, 0.1) is 11.8 Å². The predicted octanol–water partition coefficient (Wildman–Crippen LogP) is 3.38. The number of carbonyl (C=O) groups is 1. The third-order valence-corrected chi connectivity index (χ3v) is 5.75. The van der Waals surface area contributed by atoms with E-state index >= 15 is 0 Å². The number of aromatic nitrogens is 2. The highest BCUT2D eigenvalue weighted by Gasteiger charge is 2.23. The van der Waals surface area contributed by atoms with Crippen molar-refractivity contribution in [2.24, 2.45) is 11.8 Å². The number of thioether (sulfide) groups is 1. The van der Waals surface area contributed by atoms with Gasteiger partial charge in [-0.05, 0) is 36.0 Å². The summed E-state index contributed by atoms with van der Waals surface area (Å²) in [5.74, 6) is 3.41. The van der Waals surface area contributed by atoms with E-state index in [0.29, 0.717) is 24.1 Å². The Labute approximate surface area is 171 Å². The van der Waals surface area contributed by atoms with Crippen LogP contribution in [0.5, 0.6) is 5.75 Å². The van der Waals surface area contributed by atoms with E-state index in [4.69, 9.17) is 4.74 Å². The van der Waals surface area contributed by atoms with E-state index in [1.165, 1.54) is 18.2 Å². The Hall–Kier alpha value is -2.28. The molecule has 0 saturated carbocycles. The van der Waals surface area contributed by atoms with E-state index in [9.17, 15) is 4.79 Å². The zero-order chi connectivity index (χ0) is 19.9. The van der Waals surface area contributed by atoms with Crippen LogP contribution in [-0.2, 0) is 11.3 Å². The van der Waals surface area contributed by atoms with Crippen LogP contribution in [0.25, 0.3) is 0 Å². The lowest BCUT2D eigenvalue weighted by Crippen LogP contribution is -2.39. The van der Waals surface area contributed by atoms with E-state index in [1.807, 2.05) is 30.3 Å². The molecular formula is C21H28N4O2S. The normalized spacial score (nSPS) is 19.3. The molecule has 2 aromatic rings. The van der Waals surface area contributed by atoms with Gasteiger partial charge in [-0.3, -0.25) is 4.79 Å². The molecule has 0 bridgehead atoms. The summed E-state index contributed by atoms with van der Waals surface area (Å²) in [6.45, 7) is 7.11. The second kappa shape index (κ2) is 9.78. The lowest BCUT2D eigenvalue weighted by Gasteiger charge is -2.35. The van der Waals surface area contributed by atoms with E-state index in [1.54, 1.807) is 13.4 Å². The van der Waals surface area contributed by atoms with Gasteiger partial charge in [0.15, 0.2) is 0 Å². The van der Waals surface area contributed by atoms with Crippen molar-refractivity contribution in [1.82, 2.24) is 15.3 Å². The van der Waals surface area contributed by atoms with Crippen molar-refractivity contribution in [3.05, 3.63) is 42.2 Å². The first-order chi connectivity index (χ1) is 13.5. The molecule has 2 atom stereocenters. The van der Waals surface area contributed by atoms with Gasteiger partial charge in [-0.25, -0.2) is 9.97 Å². The molecule has 1 saturated heterocycles. The van der Waals surface area contributed by atoms with Crippen molar-refractivity contribution in [2.75, 3.05) is 30.9 Å². The molecule has 7 heteroatoms. The molecule has 150 valence electrons. The van der Waals surface area contributed by atoms with Crippen LogP contribution < -0.4 is 15.0 Å². The van der Waals surface area contributed by atoms with Crippen molar-refractivity contribution >= 4 is 23.5 Å². The molecule has 0 aliphatic carbocycles. The number of methoxy groups -OCH3 is 1. The number of nitrogens with one attached hydrogen (secondary N) is 1. The molecule has 0 radical (unpaired) electrons. The van der Waals surface area contributed by atoms with Crippen LogP contribution in [0.3, 0.4) is 0 Å². The standard InChI is InChI=1S/C21H28N4O2S/c1-15-8-16(2)12-25(11-15)19-9-21(24-14-23-19)28-13-20(26)22-10-17-4-6-18(27-3)7-5-17/h4-7,9,14-16H,8,10-13H2,1-3H3,(H,22,26)/t15-,16+.